The molecule has 5 nitrogen and oxygen atoms in total. The Balaban J connectivity index is 1.56. The van der Waals surface area contributed by atoms with Crippen LogP contribution in [0.3, 0.4) is 0 Å². The van der Waals surface area contributed by atoms with Gasteiger partial charge in [-0.15, -0.1) is 0 Å². The zero-order valence-corrected chi connectivity index (χ0v) is 21.2. The molecule has 2 aromatic rings. The number of imidazole rings is 1. The minimum Gasteiger partial charge on any atom is -0.322 e. The summed E-state index contributed by atoms with van der Waals surface area (Å²) in [6.07, 6.45) is 17.0. The molecule has 174 valence electrons. The van der Waals surface area contributed by atoms with Crippen LogP contribution in [-0.2, 0) is 13.6 Å². The number of fused-ring (bicyclic) bond motifs is 1. The van der Waals surface area contributed by atoms with Crippen molar-refractivity contribution in [1.29, 1.82) is 0 Å². The third-order valence-corrected chi connectivity index (χ3v) is 7.05. The van der Waals surface area contributed by atoms with E-state index in [1.54, 1.807) is 24.5 Å². The summed E-state index contributed by atoms with van der Waals surface area (Å²) < 4.78 is 4.08. The van der Waals surface area contributed by atoms with Crippen molar-refractivity contribution in [3.05, 3.63) is 52.6 Å². The summed E-state index contributed by atoms with van der Waals surface area (Å²) in [4.78, 5) is 13.3. The van der Waals surface area contributed by atoms with Crippen molar-refractivity contribution < 1.29 is 0 Å². The monoisotopic (exact) mass is 435 g/mol. The van der Waals surface area contributed by atoms with Gasteiger partial charge in [-0.1, -0.05) is 48.3 Å². The van der Waals surface area contributed by atoms with Crippen molar-refractivity contribution in [3.63, 3.8) is 0 Å². The lowest BCUT2D eigenvalue weighted by atomic mass is 9.71. The number of allylic oxidation sites excluding steroid dienone is 6. The summed E-state index contributed by atoms with van der Waals surface area (Å²) in [5.41, 5.74) is 9.32. The minimum atomic E-state index is 0.386. The van der Waals surface area contributed by atoms with Gasteiger partial charge in [-0.2, -0.15) is 0 Å². The van der Waals surface area contributed by atoms with Gasteiger partial charge in [0.05, 0.1) is 12.7 Å². The Bertz CT molecular complexity index is 1100. The first-order valence-corrected chi connectivity index (χ1v) is 12.0. The van der Waals surface area contributed by atoms with E-state index >= 15 is 0 Å². The van der Waals surface area contributed by atoms with Crippen LogP contribution in [0.5, 0.6) is 0 Å². The number of nitrogens with zero attached hydrogens (tertiary/aromatic N) is 5. The quantitative estimate of drug-likeness (QED) is 0.458. The van der Waals surface area contributed by atoms with Gasteiger partial charge in [-0.25, -0.2) is 9.97 Å². The Morgan fingerprint density at radius 3 is 2.59 bits per heavy atom. The summed E-state index contributed by atoms with van der Waals surface area (Å²) in [5, 5.41) is 0. The molecular formula is C27H41N5. The standard InChI is InChI=1S/C27H41N5/c1-20(13-14-23-22(3)12-9-16-27(23,4)5)10-8-11-21(2)15-17-32-19-30-26-24(32)25(28-6)29-18-31(26)7/h10,15,18-19H,8-9,11-14,16-17H2,1-7H3/b20-10+,21-15+,28-25?. The predicted molar refractivity (Wildman–Crippen MR) is 134 cm³/mol. The summed E-state index contributed by atoms with van der Waals surface area (Å²) in [5.74, 6) is 0. The molecule has 5 heteroatoms. The molecule has 0 aromatic carbocycles. The highest BCUT2D eigenvalue weighted by atomic mass is 15.1. The molecule has 1 aliphatic rings. The first-order valence-electron chi connectivity index (χ1n) is 12.0. The first-order chi connectivity index (χ1) is 15.2. The number of hydrogen-bond donors (Lipinski definition) is 0. The van der Waals surface area contributed by atoms with Gasteiger partial charge in [-0.05, 0) is 71.1 Å². The average molecular weight is 436 g/mol. The molecule has 0 saturated carbocycles. The van der Waals surface area contributed by atoms with Crippen LogP contribution in [-0.4, -0.2) is 26.1 Å². The topological polar surface area (TPSA) is 48.0 Å². The van der Waals surface area contributed by atoms with E-state index in [0.29, 0.717) is 5.41 Å². The van der Waals surface area contributed by atoms with Crippen LogP contribution < -0.4 is 5.49 Å². The fraction of sp³-hybridized carbons (Fsp3) is 0.593. The molecule has 2 aromatic heterocycles. The Hall–Kier alpha value is -2.43. The van der Waals surface area contributed by atoms with Crippen molar-refractivity contribution >= 4 is 11.2 Å². The molecule has 3 rings (SSSR count). The summed E-state index contributed by atoms with van der Waals surface area (Å²) in [6, 6.07) is 0. The summed E-state index contributed by atoms with van der Waals surface area (Å²) >= 11 is 0. The molecule has 0 N–H and O–H groups in total. The molecule has 0 saturated heterocycles. The zero-order valence-electron chi connectivity index (χ0n) is 21.2. The van der Waals surface area contributed by atoms with E-state index in [9.17, 15) is 0 Å². The molecule has 0 fully saturated rings. The number of rotatable bonds is 8. The zero-order chi connectivity index (χ0) is 23.3. The molecule has 0 atom stereocenters. The molecule has 1 aliphatic carbocycles. The molecule has 32 heavy (non-hydrogen) atoms. The third-order valence-electron chi connectivity index (χ3n) is 7.05. The molecule has 0 unspecified atom stereocenters. The van der Waals surface area contributed by atoms with Crippen LogP contribution in [0, 0.1) is 5.41 Å². The third kappa shape index (κ3) is 5.67. The number of aromatic nitrogens is 4. The Morgan fingerprint density at radius 1 is 1.12 bits per heavy atom. The highest BCUT2D eigenvalue weighted by molar-refractivity contribution is 5.69. The maximum absolute atomic E-state index is 4.55. The van der Waals surface area contributed by atoms with Crippen LogP contribution >= 0.6 is 0 Å². The van der Waals surface area contributed by atoms with Crippen molar-refractivity contribution in [2.45, 2.75) is 86.1 Å². The molecular weight excluding hydrogens is 394 g/mol. The van der Waals surface area contributed by atoms with Crippen LogP contribution in [0.15, 0.2) is 52.1 Å². The van der Waals surface area contributed by atoms with E-state index in [1.165, 1.54) is 43.3 Å². The molecule has 0 radical (unpaired) electrons. The van der Waals surface area contributed by atoms with E-state index in [0.717, 1.165) is 36.0 Å². The summed E-state index contributed by atoms with van der Waals surface area (Å²) in [6.45, 7) is 12.5. The molecule has 0 amide bonds. The Kier molecular flexibility index (Phi) is 7.91. The maximum atomic E-state index is 4.55. The van der Waals surface area contributed by atoms with Gasteiger partial charge in [0.1, 0.15) is 5.52 Å². The van der Waals surface area contributed by atoms with Crippen LogP contribution in [0.1, 0.15) is 79.6 Å². The maximum Gasteiger partial charge on any atom is 0.176 e. The van der Waals surface area contributed by atoms with Crippen LogP contribution in [0.25, 0.3) is 11.2 Å². The fourth-order valence-corrected chi connectivity index (χ4v) is 4.97. The van der Waals surface area contributed by atoms with Gasteiger partial charge < -0.3 is 9.13 Å². The van der Waals surface area contributed by atoms with Crippen molar-refractivity contribution in [2.24, 2.45) is 17.5 Å². The van der Waals surface area contributed by atoms with Gasteiger partial charge >= 0.3 is 0 Å². The predicted octanol–water partition coefficient (Wildman–Crippen LogP) is 6.28. The largest absolute Gasteiger partial charge is 0.322 e. The van der Waals surface area contributed by atoms with Crippen LogP contribution in [0.2, 0.25) is 0 Å². The lowest BCUT2D eigenvalue weighted by Gasteiger charge is -2.35. The van der Waals surface area contributed by atoms with Gasteiger partial charge in [-0.3, -0.25) is 4.99 Å². The normalized spacial score (nSPS) is 18.2. The van der Waals surface area contributed by atoms with E-state index in [4.69, 9.17) is 0 Å². The van der Waals surface area contributed by atoms with Crippen molar-refractivity contribution in [3.8, 4) is 0 Å². The van der Waals surface area contributed by atoms with E-state index in [1.807, 2.05) is 17.9 Å². The lowest BCUT2D eigenvalue weighted by molar-refractivity contribution is 0.354. The highest BCUT2D eigenvalue weighted by Crippen LogP contribution is 2.42. The average Bonchev–Trinajstić information content (AvgIpc) is 3.17. The fourth-order valence-electron chi connectivity index (χ4n) is 4.97. The van der Waals surface area contributed by atoms with Crippen molar-refractivity contribution in [2.75, 3.05) is 7.05 Å². The second kappa shape index (κ2) is 10.5. The molecule has 0 spiro atoms. The summed E-state index contributed by atoms with van der Waals surface area (Å²) in [7, 11) is 3.75. The highest BCUT2D eigenvalue weighted by Gasteiger charge is 2.27. The smallest absolute Gasteiger partial charge is 0.176 e. The molecule has 0 bridgehead atoms. The van der Waals surface area contributed by atoms with E-state index in [-0.39, 0.29) is 0 Å². The van der Waals surface area contributed by atoms with E-state index < -0.39 is 0 Å². The number of hydrogen-bond acceptors (Lipinski definition) is 3. The second-order valence-corrected chi connectivity index (χ2v) is 10.1. The van der Waals surface area contributed by atoms with Crippen LogP contribution in [0.4, 0.5) is 0 Å². The van der Waals surface area contributed by atoms with E-state index in [2.05, 4.69) is 66.3 Å². The number of aryl methyl sites for hydroxylation is 1. The minimum absolute atomic E-state index is 0.386. The second-order valence-electron chi connectivity index (χ2n) is 10.1. The lowest BCUT2D eigenvalue weighted by Crippen LogP contribution is -2.20. The van der Waals surface area contributed by atoms with Gasteiger partial charge in [0.2, 0.25) is 0 Å². The Morgan fingerprint density at radius 2 is 1.88 bits per heavy atom. The van der Waals surface area contributed by atoms with Gasteiger partial charge in [0, 0.05) is 20.6 Å². The van der Waals surface area contributed by atoms with Gasteiger partial charge in [0.25, 0.3) is 0 Å². The SMILES string of the molecule is CN=c1ncn(C)c2ncn(C/C=C(\C)CC/C=C(\C)CCC3=C(C)CCCC3(C)C)c12. The molecule has 2 heterocycles. The van der Waals surface area contributed by atoms with Crippen molar-refractivity contribution in [1.82, 2.24) is 19.1 Å². The van der Waals surface area contributed by atoms with Gasteiger partial charge in [0.15, 0.2) is 11.1 Å². The first kappa shape index (κ1) is 24.2. The molecule has 0 aliphatic heterocycles. The Labute approximate surface area is 193 Å².